The van der Waals surface area contributed by atoms with E-state index in [4.69, 9.17) is 9.52 Å². The highest BCUT2D eigenvalue weighted by atomic mass is 16.4. The summed E-state index contributed by atoms with van der Waals surface area (Å²) in [6.45, 7) is 7.42. The monoisotopic (exact) mass is 264 g/mol. The number of hydrogen-bond donors (Lipinski definition) is 1. The topological polar surface area (TPSA) is 94.0 Å². The number of nitrogens with zero attached hydrogens (tertiary/aromatic N) is 4. The average Bonchev–Trinajstić information content (AvgIpc) is 2.84. The van der Waals surface area contributed by atoms with E-state index < -0.39 is 5.97 Å². The van der Waals surface area contributed by atoms with Crippen LogP contribution in [-0.2, 0) is 4.79 Å². The van der Waals surface area contributed by atoms with Crippen LogP contribution in [0.15, 0.2) is 4.42 Å². The van der Waals surface area contributed by atoms with Gasteiger partial charge in [-0.05, 0) is 38.1 Å². The first kappa shape index (κ1) is 13.3. The Morgan fingerprint density at radius 3 is 2.58 bits per heavy atom. The highest BCUT2D eigenvalue weighted by Gasteiger charge is 2.22. The minimum Gasteiger partial charge on any atom is -0.481 e. The van der Waals surface area contributed by atoms with Crippen LogP contribution >= 0.6 is 0 Å². The summed E-state index contributed by atoms with van der Waals surface area (Å²) in [5.74, 6) is 1.20. The van der Waals surface area contributed by atoms with Crippen molar-refractivity contribution in [2.75, 3.05) is 0 Å². The maximum absolute atomic E-state index is 10.8. The van der Waals surface area contributed by atoms with E-state index in [0.717, 1.165) is 22.6 Å². The van der Waals surface area contributed by atoms with Crippen LogP contribution in [0.1, 0.15) is 36.5 Å². The van der Waals surface area contributed by atoms with Gasteiger partial charge in [0.25, 0.3) is 0 Å². The second-order valence-electron chi connectivity index (χ2n) is 4.61. The predicted molar refractivity (Wildman–Crippen MR) is 66.7 cm³/mol. The normalized spacial score (nSPS) is 12.6. The third-order valence-electron chi connectivity index (χ3n) is 3.17. The average molecular weight is 264 g/mol. The Labute approximate surface area is 110 Å². The van der Waals surface area contributed by atoms with Gasteiger partial charge in [0.05, 0.1) is 18.0 Å². The fourth-order valence-electron chi connectivity index (χ4n) is 2.12. The second-order valence-corrected chi connectivity index (χ2v) is 4.61. The molecule has 0 aromatic carbocycles. The molecule has 0 saturated heterocycles. The Morgan fingerprint density at radius 1 is 1.37 bits per heavy atom. The lowest BCUT2D eigenvalue weighted by molar-refractivity contribution is -0.137. The number of carbonyl (C=O) groups is 1. The van der Waals surface area contributed by atoms with Crippen molar-refractivity contribution in [3.05, 3.63) is 17.1 Å². The lowest BCUT2D eigenvalue weighted by Crippen LogP contribution is -2.13. The number of carboxylic acids is 1. The molecule has 0 saturated carbocycles. The summed E-state index contributed by atoms with van der Waals surface area (Å²) in [6.07, 6.45) is -0.0348. The lowest BCUT2D eigenvalue weighted by atomic mass is 10.1. The Kier molecular flexibility index (Phi) is 3.37. The quantitative estimate of drug-likeness (QED) is 0.906. The molecule has 2 aromatic heterocycles. The Balaban J connectivity index is 2.47. The Bertz CT molecular complexity index is 615. The molecule has 2 heterocycles. The van der Waals surface area contributed by atoms with Gasteiger partial charge >= 0.3 is 5.97 Å². The number of furan rings is 1. The fraction of sp³-hybridized carbons (Fsp3) is 0.500. The van der Waals surface area contributed by atoms with Crippen molar-refractivity contribution in [3.8, 4) is 11.4 Å². The van der Waals surface area contributed by atoms with Gasteiger partial charge in [-0.2, -0.15) is 0 Å². The number of aliphatic carboxylic acids is 1. The van der Waals surface area contributed by atoms with Gasteiger partial charge in [-0.15, -0.1) is 5.10 Å². The van der Waals surface area contributed by atoms with Crippen molar-refractivity contribution in [3.63, 3.8) is 0 Å². The predicted octanol–water partition coefficient (Wildman–Crippen LogP) is 1.89. The van der Waals surface area contributed by atoms with Crippen molar-refractivity contribution in [2.45, 2.75) is 40.2 Å². The first-order chi connectivity index (χ1) is 8.91. The van der Waals surface area contributed by atoms with Crippen LogP contribution in [0.2, 0.25) is 0 Å². The molecule has 0 bridgehead atoms. The summed E-state index contributed by atoms with van der Waals surface area (Å²) < 4.78 is 7.09. The smallest absolute Gasteiger partial charge is 0.305 e. The molecule has 0 spiro atoms. The van der Waals surface area contributed by atoms with Gasteiger partial charge in [0, 0.05) is 5.56 Å². The van der Waals surface area contributed by atoms with Crippen molar-refractivity contribution < 1.29 is 14.3 Å². The van der Waals surface area contributed by atoms with E-state index in [1.165, 1.54) is 4.68 Å². The highest BCUT2D eigenvalue weighted by Crippen LogP contribution is 2.31. The molecular formula is C12H16N4O3. The molecule has 0 aliphatic rings. The summed E-state index contributed by atoms with van der Waals surface area (Å²) in [7, 11) is 0. The number of aryl methyl sites for hydroxylation is 2. The lowest BCUT2D eigenvalue weighted by Gasteiger charge is -2.10. The zero-order chi connectivity index (χ0) is 14.2. The van der Waals surface area contributed by atoms with Crippen molar-refractivity contribution in [1.82, 2.24) is 20.2 Å². The Hall–Kier alpha value is -2.18. The summed E-state index contributed by atoms with van der Waals surface area (Å²) in [4.78, 5) is 10.8. The molecule has 0 aliphatic heterocycles. The van der Waals surface area contributed by atoms with Crippen LogP contribution in [0, 0.1) is 20.8 Å². The van der Waals surface area contributed by atoms with Crippen molar-refractivity contribution in [2.24, 2.45) is 0 Å². The van der Waals surface area contributed by atoms with Gasteiger partial charge in [-0.25, -0.2) is 4.68 Å². The van der Waals surface area contributed by atoms with Crippen molar-refractivity contribution in [1.29, 1.82) is 0 Å². The van der Waals surface area contributed by atoms with Crippen LogP contribution < -0.4 is 0 Å². The standard InChI is InChI=1S/C12H16N4O3/c1-6(5-10(17)18)16-12(13-14-15-16)11-7(2)8(3)19-9(11)4/h6H,5H2,1-4H3,(H,17,18). The molecule has 7 nitrogen and oxygen atoms in total. The molecule has 0 aliphatic carbocycles. The zero-order valence-corrected chi connectivity index (χ0v) is 11.3. The first-order valence-corrected chi connectivity index (χ1v) is 5.98. The van der Waals surface area contributed by atoms with E-state index in [0.29, 0.717) is 5.82 Å². The van der Waals surface area contributed by atoms with E-state index in [1.54, 1.807) is 6.92 Å². The molecule has 1 N–H and O–H groups in total. The second kappa shape index (κ2) is 4.83. The van der Waals surface area contributed by atoms with Gasteiger partial charge in [0.1, 0.15) is 11.5 Å². The minimum absolute atomic E-state index is 0.0348. The molecule has 0 amide bonds. The summed E-state index contributed by atoms with van der Waals surface area (Å²) in [5.41, 5.74) is 1.80. The third kappa shape index (κ3) is 2.35. The number of rotatable bonds is 4. The molecule has 102 valence electrons. The van der Waals surface area contributed by atoms with E-state index in [1.807, 2.05) is 20.8 Å². The van der Waals surface area contributed by atoms with Gasteiger partial charge in [-0.1, -0.05) is 0 Å². The van der Waals surface area contributed by atoms with Crippen LogP contribution in [0.25, 0.3) is 11.4 Å². The highest BCUT2D eigenvalue weighted by molar-refractivity contribution is 5.68. The van der Waals surface area contributed by atoms with E-state index in [-0.39, 0.29) is 12.5 Å². The number of carboxylic acid groups (broad SMARTS) is 1. The molecular weight excluding hydrogens is 248 g/mol. The van der Waals surface area contributed by atoms with Gasteiger partial charge in [0.2, 0.25) is 0 Å². The maximum atomic E-state index is 10.8. The Morgan fingerprint density at radius 2 is 2.05 bits per heavy atom. The molecule has 0 radical (unpaired) electrons. The van der Waals surface area contributed by atoms with Crippen LogP contribution in [0.3, 0.4) is 0 Å². The fourth-order valence-corrected chi connectivity index (χ4v) is 2.12. The van der Waals surface area contributed by atoms with Crippen LogP contribution in [0.5, 0.6) is 0 Å². The molecule has 19 heavy (non-hydrogen) atoms. The number of tetrazole rings is 1. The van der Waals surface area contributed by atoms with E-state index >= 15 is 0 Å². The number of hydrogen-bond acceptors (Lipinski definition) is 5. The number of aromatic nitrogens is 4. The molecule has 7 heteroatoms. The molecule has 2 aromatic rings. The van der Waals surface area contributed by atoms with E-state index in [9.17, 15) is 4.79 Å². The molecule has 2 rings (SSSR count). The van der Waals surface area contributed by atoms with Crippen LogP contribution in [0.4, 0.5) is 0 Å². The first-order valence-electron chi connectivity index (χ1n) is 5.98. The summed E-state index contributed by atoms with van der Waals surface area (Å²) >= 11 is 0. The maximum Gasteiger partial charge on any atom is 0.305 e. The van der Waals surface area contributed by atoms with Gasteiger partial charge < -0.3 is 9.52 Å². The minimum atomic E-state index is -0.884. The van der Waals surface area contributed by atoms with Crippen LogP contribution in [-0.4, -0.2) is 31.3 Å². The summed E-state index contributed by atoms with van der Waals surface area (Å²) in [5, 5.41) is 20.4. The molecule has 0 fully saturated rings. The largest absolute Gasteiger partial charge is 0.481 e. The van der Waals surface area contributed by atoms with E-state index in [2.05, 4.69) is 15.5 Å². The molecule has 1 unspecified atom stereocenters. The summed E-state index contributed by atoms with van der Waals surface area (Å²) in [6, 6.07) is -0.323. The van der Waals surface area contributed by atoms with Crippen molar-refractivity contribution >= 4 is 5.97 Å². The SMILES string of the molecule is Cc1oc(C)c(-c2nnnn2C(C)CC(=O)O)c1C. The van der Waals surface area contributed by atoms with Gasteiger partial charge in [-0.3, -0.25) is 4.79 Å². The third-order valence-corrected chi connectivity index (χ3v) is 3.17. The van der Waals surface area contributed by atoms with Gasteiger partial charge in [0.15, 0.2) is 5.82 Å². The zero-order valence-electron chi connectivity index (χ0n) is 11.3. The molecule has 1 atom stereocenters.